The zero-order valence-corrected chi connectivity index (χ0v) is 12.2. The van der Waals surface area contributed by atoms with Crippen molar-refractivity contribution < 1.29 is 4.74 Å². The fourth-order valence-corrected chi connectivity index (χ4v) is 3.24. The Kier molecular flexibility index (Phi) is 5.93. The van der Waals surface area contributed by atoms with Gasteiger partial charge in [0.2, 0.25) is 0 Å². The van der Waals surface area contributed by atoms with Crippen LogP contribution in [0.2, 0.25) is 0 Å². The summed E-state index contributed by atoms with van der Waals surface area (Å²) in [6.45, 7) is 9.16. The lowest BCUT2D eigenvalue weighted by atomic mass is 9.97. The second kappa shape index (κ2) is 7.46. The highest BCUT2D eigenvalue weighted by atomic mass is 16.5. The van der Waals surface area contributed by atoms with Crippen LogP contribution in [0.25, 0.3) is 0 Å². The van der Waals surface area contributed by atoms with Gasteiger partial charge in [0.15, 0.2) is 0 Å². The largest absolute Gasteiger partial charge is 0.377 e. The Morgan fingerprint density at radius 3 is 2.83 bits per heavy atom. The molecule has 0 bridgehead atoms. The summed E-state index contributed by atoms with van der Waals surface area (Å²) in [5, 5.41) is 3.67. The summed E-state index contributed by atoms with van der Waals surface area (Å²) in [6.07, 6.45) is 8.22. The van der Waals surface area contributed by atoms with Crippen molar-refractivity contribution in [1.82, 2.24) is 10.2 Å². The maximum absolute atomic E-state index is 5.86. The molecule has 0 aromatic carbocycles. The van der Waals surface area contributed by atoms with Crippen LogP contribution in [0.5, 0.6) is 0 Å². The van der Waals surface area contributed by atoms with Gasteiger partial charge >= 0.3 is 0 Å². The topological polar surface area (TPSA) is 24.5 Å². The normalized spacial score (nSPS) is 34.7. The third kappa shape index (κ3) is 4.22. The molecular formula is C15H30N2O. The average molecular weight is 254 g/mol. The van der Waals surface area contributed by atoms with Gasteiger partial charge in [0, 0.05) is 31.8 Å². The summed E-state index contributed by atoms with van der Waals surface area (Å²) in [4.78, 5) is 2.64. The lowest BCUT2D eigenvalue weighted by Gasteiger charge is -2.40. The van der Waals surface area contributed by atoms with Crippen molar-refractivity contribution in [1.29, 1.82) is 0 Å². The van der Waals surface area contributed by atoms with Gasteiger partial charge in [-0.1, -0.05) is 6.92 Å². The van der Waals surface area contributed by atoms with Crippen molar-refractivity contribution in [2.75, 3.05) is 26.2 Å². The van der Waals surface area contributed by atoms with Crippen molar-refractivity contribution in [3.8, 4) is 0 Å². The Labute approximate surface area is 112 Å². The minimum absolute atomic E-state index is 0.501. The molecule has 0 aliphatic carbocycles. The first-order chi connectivity index (χ1) is 8.79. The number of likely N-dealkylation sites (tertiary alicyclic amines) is 1. The molecule has 0 radical (unpaired) electrons. The molecule has 0 aromatic rings. The van der Waals surface area contributed by atoms with Gasteiger partial charge in [-0.05, 0) is 52.0 Å². The Hall–Kier alpha value is -0.120. The molecule has 0 saturated carbocycles. The Balaban J connectivity index is 1.71. The van der Waals surface area contributed by atoms with Gasteiger partial charge in [-0.25, -0.2) is 0 Å². The quantitative estimate of drug-likeness (QED) is 0.815. The van der Waals surface area contributed by atoms with Gasteiger partial charge in [-0.2, -0.15) is 0 Å². The average Bonchev–Trinajstić information content (AvgIpc) is 2.40. The Morgan fingerprint density at radius 1 is 1.28 bits per heavy atom. The summed E-state index contributed by atoms with van der Waals surface area (Å²) in [6, 6.07) is 1.45. The van der Waals surface area contributed by atoms with Crippen LogP contribution < -0.4 is 5.32 Å². The molecule has 3 atom stereocenters. The van der Waals surface area contributed by atoms with E-state index in [2.05, 4.69) is 24.1 Å². The van der Waals surface area contributed by atoms with Crippen LogP contribution in [0.3, 0.4) is 0 Å². The standard InChI is InChI=1S/C15H30N2O/c1-3-8-16-14-7-9-17(13(2)11-14)12-15-6-4-5-10-18-15/h13-16H,3-12H2,1-2H3. The van der Waals surface area contributed by atoms with E-state index in [0.717, 1.165) is 19.2 Å². The Bertz CT molecular complexity index is 229. The predicted octanol–water partition coefficient (Wildman–Crippen LogP) is 2.41. The molecule has 1 N–H and O–H groups in total. The second-order valence-electron chi connectivity index (χ2n) is 6.01. The molecule has 3 nitrogen and oxygen atoms in total. The summed E-state index contributed by atoms with van der Waals surface area (Å²) >= 11 is 0. The van der Waals surface area contributed by atoms with Crippen LogP contribution in [0, 0.1) is 0 Å². The van der Waals surface area contributed by atoms with Crippen molar-refractivity contribution in [3.63, 3.8) is 0 Å². The molecule has 0 amide bonds. The lowest BCUT2D eigenvalue weighted by Crippen LogP contribution is -2.50. The number of piperidine rings is 1. The highest BCUT2D eigenvalue weighted by Crippen LogP contribution is 2.21. The summed E-state index contributed by atoms with van der Waals surface area (Å²) in [5.41, 5.74) is 0. The second-order valence-corrected chi connectivity index (χ2v) is 6.01. The number of nitrogens with one attached hydrogen (secondary N) is 1. The van der Waals surface area contributed by atoms with Gasteiger partial charge in [-0.15, -0.1) is 0 Å². The monoisotopic (exact) mass is 254 g/mol. The van der Waals surface area contributed by atoms with Crippen molar-refractivity contribution in [3.05, 3.63) is 0 Å². The molecule has 18 heavy (non-hydrogen) atoms. The molecule has 2 saturated heterocycles. The van der Waals surface area contributed by atoms with E-state index in [9.17, 15) is 0 Å². The van der Waals surface area contributed by atoms with Crippen LogP contribution in [-0.2, 0) is 4.74 Å². The maximum Gasteiger partial charge on any atom is 0.0702 e. The molecule has 2 rings (SSSR count). The number of ether oxygens (including phenoxy) is 1. The summed E-state index contributed by atoms with van der Waals surface area (Å²) < 4.78 is 5.86. The molecule has 3 heteroatoms. The number of rotatable bonds is 5. The van der Waals surface area contributed by atoms with E-state index >= 15 is 0 Å². The first-order valence-electron chi connectivity index (χ1n) is 7.88. The van der Waals surface area contributed by atoms with E-state index in [1.807, 2.05) is 0 Å². The van der Waals surface area contributed by atoms with Crippen LogP contribution in [-0.4, -0.2) is 49.3 Å². The Morgan fingerprint density at radius 2 is 2.17 bits per heavy atom. The number of nitrogens with zero attached hydrogens (tertiary/aromatic N) is 1. The van der Waals surface area contributed by atoms with Gasteiger partial charge in [0.25, 0.3) is 0 Å². The molecule has 0 aromatic heterocycles. The predicted molar refractivity (Wildman–Crippen MR) is 75.9 cm³/mol. The fraction of sp³-hybridized carbons (Fsp3) is 1.00. The first kappa shape index (κ1) is 14.3. The molecular weight excluding hydrogens is 224 g/mol. The van der Waals surface area contributed by atoms with Crippen molar-refractivity contribution in [2.45, 2.75) is 70.6 Å². The lowest BCUT2D eigenvalue weighted by molar-refractivity contribution is -0.0196. The number of hydrogen-bond donors (Lipinski definition) is 1. The van der Waals surface area contributed by atoms with Crippen LogP contribution in [0.15, 0.2) is 0 Å². The maximum atomic E-state index is 5.86. The van der Waals surface area contributed by atoms with Crippen LogP contribution >= 0.6 is 0 Å². The van der Waals surface area contributed by atoms with E-state index < -0.39 is 0 Å². The van der Waals surface area contributed by atoms with Crippen molar-refractivity contribution in [2.24, 2.45) is 0 Å². The molecule has 0 spiro atoms. The van der Waals surface area contributed by atoms with Crippen LogP contribution in [0.1, 0.15) is 52.4 Å². The number of hydrogen-bond acceptors (Lipinski definition) is 3. The third-order valence-corrected chi connectivity index (χ3v) is 4.41. The molecule has 2 aliphatic heterocycles. The SMILES string of the molecule is CCCNC1CCN(CC2CCCCO2)C(C)C1. The van der Waals surface area contributed by atoms with E-state index in [1.165, 1.54) is 51.6 Å². The summed E-state index contributed by atoms with van der Waals surface area (Å²) in [5.74, 6) is 0. The minimum Gasteiger partial charge on any atom is -0.377 e. The fourth-order valence-electron chi connectivity index (χ4n) is 3.24. The summed E-state index contributed by atoms with van der Waals surface area (Å²) in [7, 11) is 0. The van der Waals surface area contributed by atoms with Crippen LogP contribution in [0.4, 0.5) is 0 Å². The van der Waals surface area contributed by atoms with E-state index in [0.29, 0.717) is 12.1 Å². The van der Waals surface area contributed by atoms with Gasteiger partial charge < -0.3 is 10.1 Å². The molecule has 106 valence electrons. The van der Waals surface area contributed by atoms with Gasteiger partial charge in [0.1, 0.15) is 0 Å². The molecule has 2 fully saturated rings. The zero-order chi connectivity index (χ0) is 12.8. The van der Waals surface area contributed by atoms with E-state index in [4.69, 9.17) is 4.74 Å². The smallest absolute Gasteiger partial charge is 0.0702 e. The minimum atomic E-state index is 0.501. The third-order valence-electron chi connectivity index (χ3n) is 4.41. The van der Waals surface area contributed by atoms with E-state index in [1.54, 1.807) is 0 Å². The molecule has 2 aliphatic rings. The zero-order valence-electron chi connectivity index (χ0n) is 12.2. The first-order valence-corrected chi connectivity index (χ1v) is 7.88. The molecule has 3 unspecified atom stereocenters. The highest BCUT2D eigenvalue weighted by molar-refractivity contribution is 4.84. The van der Waals surface area contributed by atoms with Gasteiger partial charge in [-0.3, -0.25) is 4.90 Å². The highest BCUT2D eigenvalue weighted by Gasteiger charge is 2.27. The molecule has 2 heterocycles. The van der Waals surface area contributed by atoms with Crippen molar-refractivity contribution >= 4 is 0 Å². The van der Waals surface area contributed by atoms with E-state index in [-0.39, 0.29) is 0 Å². The van der Waals surface area contributed by atoms with Gasteiger partial charge in [0.05, 0.1) is 6.10 Å².